The van der Waals surface area contributed by atoms with Crippen LogP contribution in [0, 0.1) is 5.82 Å². The van der Waals surface area contributed by atoms with Crippen molar-refractivity contribution >= 4 is 29.3 Å². The molecular formula is C20H19FN8O. The lowest BCUT2D eigenvalue weighted by atomic mass is 10.1. The van der Waals surface area contributed by atoms with Crippen LogP contribution in [0.5, 0.6) is 0 Å². The molecule has 0 radical (unpaired) electrons. The van der Waals surface area contributed by atoms with Crippen molar-refractivity contribution in [3.05, 3.63) is 72.1 Å². The number of anilines is 4. The molecule has 1 amide bonds. The van der Waals surface area contributed by atoms with Crippen molar-refractivity contribution < 1.29 is 9.18 Å². The maximum absolute atomic E-state index is 13.2. The average molecular weight is 406 g/mol. The number of aromatic nitrogens is 5. The standard InChI is InChI=1S/C20H19FN8O/c21-13-5-4-8-15(9-13)24-18(30)11-16-10-17(29-28-16)26-20-23-12-22-19(27-20)25-14-6-2-1-3-7-14/h2,4-10,12H,1,3,11H2,(H,24,30)(H3,22,23,25,26,27,28,29). The van der Waals surface area contributed by atoms with E-state index in [4.69, 9.17) is 0 Å². The first-order chi connectivity index (χ1) is 14.6. The predicted octanol–water partition coefficient (Wildman–Crippen LogP) is 3.30. The highest BCUT2D eigenvalue weighted by Crippen LogP contribution is 2.15. The Labute approximate surface area is 171 Å². The molecule has 1 aliphatic carbocycles. The molecule has 4 N–H and O–H groups in total. The van der Waals surface area contributed by atoms with Gasteiger partial charge in [-0.2, -0.15) is 10.1 Å². The number of rotatable bonds is 7. The van der Waals surface area contributed by atoms with Crippen molar-refractivity contribution in [3.63, 3.8) is 0 Å². The number of nitrogens with zero attached hydrogens (tertiary/aromatic N) is 4. The quantitative estimate of drug-likeness (QED) is 0.475. The molecule has 0 aliphatic heterocycles. The van der Waals surface area contributed by atoms with Gasteiger partial charge in [0.2, 0.25) is 17.8 Å². The zero-order valence-electron chi connectivity index (χ0n) is 15.9. The number of amides is 1. The highest BCUT2D eigenvalue weighted by molar-refractivity contribution is 5.92. The molecule has 4 rings (SSSR count). The highest BCUT2D eigenvalue weighted by atomic mass is 19.1. The van der Waals surface area contributed by atoms with E-state index in [1.807, 2.05) is 6.08 Å². The van der Waals surface area contributed by atoms with Crippen molar-refractivity contribution in [2.75, 3.05) is 16.0 Å². The number of hydrogen-bond acceptors (Lipinski definition) is 7. The molecule has 30 heavy (non-hydrogen) atoms. The van der Waals surface area contributed by atoms with Gasteiger partial charge in [-0.3, -0.25) is 9.89 Å². The van der Waals surface area contributed by atoms with Crippen LogP contribution in [0.25, 0.3) is 0 Å². The van der Waals surface area contributed by atoms with Crippen LogP contribution < -0.4 is 16.0 Å². The lowest BCUT2D eigenvalue weighted by Crippen LogP contribution is -2.14. The number of carbonyl (C=O) groups excluding carboxylic acids is 1. The SMILES string of the molecule is O=C(Cc1cc(Nc2ncnc(NC3=CCCC=C3)n2)n[nH]1)Nc1cccc(F)c1. The molecule has 9 nitrogen and oxygen atoms in total. The molecule has 3 aromatic rings. The first kappa shape index (κ1) is 19.2. The van der Waals surface area contributed by atoms with E-state index in [0.29, 0.717) is 29.1 Å². The Bertz CT molecular complexity index is 1110. The number of carbonyl (C=O) groups is 1. The molecule has 0 atom stereocenters. The lowest BCUT2D eigenvalue weighted by molar-refractivity contribution is -0.115. The van der Waals surface area contributed by atoms with Crippen LogP contribution in [0.1, 0.15) is 18.5 Å². The Morgan fingerprint density at radius 1 is 1.13 bits per heavy atom. The van der Waals surface area contributed by atoms with Crippen molar-refractivity contribution in [2.45, 2.75) is 19.3 Å². The third kappa shape index (κ3) is 5.25. The summed E-state index contributed by atoms with van der Waals surface area (Å²) in [5.41, 5.74) is 1.91. The molecule has 0 saturated carbocycles. The molecule has 0 bridgehead atoms. The molecule has 1 aromatic carbocycles. The van der Waals surface area contributed by atoms with Gasteiger partial charge in [-0.1, -0.05) is 18.2 Å². The summed E-state index contributed by atoms with van der Waals surface area (Å²) in [6.07, 6.45) is 9.58. The summed E-state index contributed by atoms with van der Waals surface area (Å²) in [5.74, 6) is 0.474. The van der Waals surface area contributed by atoms with Gasteiger partial charge < -0.3 is 16.0 Å². The minimum atomic E-state index is -0.414. The lowest BCUT2D eigenvalue weighted by Gasteiger charge is -2.09. The van der Waals surface area contributed by atoms with Gasteiger partial charge in [-0.25, -0.2) is 14.4 Å². The molecule has 10 heteroatoms. The van der Waals surface area contributed by atoms with E-state index in [0.717, 1.165) is 18.5 Å². The van der Waals surface area contributed by atoms with E-state index in [1.54, 1.807) is 12.1 Å². The Morgan fingerprint density at radius 3 is 2.80 bits per heavy atom. The summed E-state index contributed by atoms with van der Waals surface area (Å²) < 4.78 is 13.2. The molecule has 2 heterocycles. The molecule has 0 fully saturated rings. The molecule has 0 spiro atoms. The number of halogens is 1. The van der Waals surface area contributed by atoms with E-state index >= 15 is 0 Å². The Kier molecular flexibility index (Phi) is 5.74. The minimum absolute atomic E-state index is 0.0513. The van der Waals surface area contributed by atoms with Crippen LogP contribution in [0.4, 0.5) is 27.8 Å². The Morgan fingerprint density at radius 2 is 2.00 bits per heavy atom. The van der Waals surface area contributed by atoms with Crippen LogP contribution in [-0.2, 0) is 11.2 Å². The molecule has 0 saturated heterocycles. The number of benzene rings is 1. The van der Waals surface area contributed by atoms with Gasteiger partial charge in [0.1, 0.15) is 12.1 Å². The second kappa shape index (κ2) is 8.95. The van der Waals surface area contributed by atoms with Crippen LogP contribution in [0.2, 0.25) is 0 Å². The number of hydrogen-bond donors (Lipinski definition) is 4. The third-order valence-electron chi connectivity index (χ3n) is 4.15. The van der Waals surface area contributed by atoms with Crippen LogP contribution >= 0.6 is 0 Å². The summed E-state index contributed by atoms with van der Waals surface area (Å²) in [5, 5.41) is 15.6. The maximum atomic E-state index is 13.2. The van der Waals surface area contributed by atoms with Gasteiger partial charge in [-0.05, 0) is 37.1 Å². The number of aromatic amines is 1. The van der Waals surface area contributed by atoms with Gasteiger partial charge >= 0.3 is 0 Å². The van der Waals surface area contributed by atoms with E-state index in [2.05, 4.69) is 53.3 Å². The highest BCUT2D eigenvalue weighted by Gasteiger charge is 2.10. The van der Waals surface area contributed by atoms with E-state index in [1.165, 1.54) is 24.5 Å². The fourth-order valence-electron chi connectivity index (χ4n) is 2.83. The van der Waals surface area contributed by atoms with Crippen LogP contribution in [0.15, 0.2) is 60.6 Å². The normalized spacial score (nSPS) is 12.9. The largest absolute Gasteiger partial charge is 0.326 e. The number of nitrogens with one attached hydrogen (secondary N) is 4. The second-order valence-corrected chi connectivity index (χ2v) is 6.54. The van der Waals surface area contributed by atoms with E-state index in [9.17, 15) is 9.18 Å². The predicted molar refractivity (Wildman–Crippen MR) is 111 cm³/mol. The summed E-state index contributed by atoms with van der Waals surface area (Å²) in [4.78, 5) is 24.6. The summed E-state index contributed by atoms with van der Waals surface area (Å²) in [7, 11) is 0. The van der Waals surface area contributed by atoms with Gasteiger partial charge in [0, 0.05) is 23.1 Å². The Hall–Kier alpha value is -4.08. The van der Waals surface area contributed by atoms with Crippen molar-refractivity contribution in [1.29, 1.82) is 0 Å². The smallest absolute Gasteiger partial charge is 0.233 e. The summed E-state index contributed by atoms with van der Waals surface area (Å²) >= 11 is 0. The van der Waals surface area contributed by atoms with E-state index < -0.39 is 5.82 Å². The third-order valence-corrected chi connectivity index (χ3v) is 4.15. The molecule has 1 aliphatic rings. The van der Waals surface area contributed by atoms with Crippen molar-refractivity contribution in [3.8, 4) is 0 Å². The van der Waals surface area contributed by atoms with Crippen LogP contribution in [-0.4, -0.2) is 31.1 Å². The van der Waals surface area contributed by atoms with Crippen molar-refractivity contribution in [1.82, 2.24) is 25.1 Å². The first-order valence-corrected chi connectivity index (χ1v) is 9.33. The van der Waals surface area contributed by atoms with Gasteiger partial charge in [0.15, 0.2) is 5.82 Å². The van der Waals surface area contributed by atoms with Crippen molar-refractivity contribution in [2.24, 2.45) is 0 Å². The van der Waals surface area contributed by atoms with Gasteiger partial charge in [0.25, 0.3) is 0 Å². The molecule has 2 aromatic heterocycles. The number of H-pyrrole nitrogens is 1. The van der Waals surface area contributed by atoms with Gasteiger partial charge in [-0.15, -0.1) is 0 Å². The summed E-state index contributed by atoms with van der Waals surface area (Å²) in [6, 6.07) is 7.39. The zero-order valence-corrected chi connectivity index (χ0v) is 15.9. The molecular weight excluding hydrogens is 387 g/mol. The maximum Gasteiger partial charge on any atom is 0.233 e. The molecule has 152 valence electrons. The van der Waals surface area contributed by atoms with E-state index in [-0.39, 0.29) is 12.3 Å². The second-order valence-electron chi connectivity index (χ2n) is 6.54. The van der Waals surface area contributed by atoms with Crippen LogP contribution in [0.3, 0.4) is 0 Å². The zero-order chi connectivity index (χ0) is 20.8. The Balaban J connectivity index is 1.35. The summed E-state index contributed by atoms with van der Waals surface area (Å²) in [6.45, 7) is 0. The minimum Gasteiger partial charge on any atom is -0.326 e. The topological polar surface area (TPSA) is 121 Å². The average Bonchev–Trinajstić information content (AvgIpc) is 3.15. The first-order valence-electron chi connectivity index (χ1n) is 9.33. The fourth-order valence-corrected chi connectivity index (χ4v) is 2.83. The number of allylic oxidation sites excluding steroid dienone is 3. The molecule has 0 unspecified atom stereocenters. The monoisotopic (exact) mass is 406 g/mol. The van der Waals surface area contributed by atoms with Gasteiger partial charge in [0.05, 0.1) is 6.42 Å². The fraction of sp³-hybridized carbons (Fsp3) is 0.150.